The van der Waals surface area contributed by atoms with Crippen LogP contribution in [-0.2, 0) is 15.7 Å². The highest BCUT2D eigenvalue weighted by molar-refractivity contribution is 7.16. The maximum atomic E-state index is 13.3. The van der Waals surface area contributed by atoms with E-state index >= 15 is 0 Å². The van der Waals surface area contributed by atoms with Gasteiger partial charge in [-0.05, 0) is 37.5 Å². The monoisotopic (exact) mass is 444 g/mol. The molecule has 0 amide bonds. The SMILES string of the molecule is CCC(=O)OCCCCCCCCOc1cccc2sc(=O)c(C(F)(F)F)c(C)c12. The van der Waals surface area contributed by atoms with E-state index in [-0.39, 0.29) is 11.5 Å². The Morgan fingerprint density at radius 3 is 2.30 bits per heavy atom. The van der Waals surface area contributed by atoms with E-state index in [1.807, 2.05) is 0 Å². The van der Waals surface area contributed by atoms with Crippen molar-refractivity contribution in [2.45, 2.75) is 65.0 Å². The highest BCUT2D eigenvalue weighted by Gasteiger charge is 2.37. The van der Waals surface area contributed by atoms with E-state index in [1.165, 1.54) is 6.92 Å². The molecule has 30 heavy (non-hydrogen) atoms. The van der Waals surface area contributed by atoms with Gasteiger partial charge in [0.1, 0.15) is 11.3 Å². The van der Waals surface area contributed by atoms with Gasteiger partial charge in [0.05, 0.1) is 13.2 Å². The third-order valence-corrected chi connectivity index (χ3v) is 5.73. The first-order valence-electron chi connectivity index (χ1n) is 10.2. The van der Waals surface area contributed by atoms with Crippen LogP contribution in [0.3, 0.4) is 0 Å². The lowest BCUT2D eigenvalue weighted by molar-refractivity contribution is -0.143. The largest absolute Gasteiger partial charge is 0.493 e. The number of halogens is 3. The molecule has 1 aromatic heterocycles. The van der Waals surface area contributed by atoms with Crippen LogP contribution < -0.4 is 9.48 Å². The van der Waals surface area contributed by atoms with Crippen molar-refractivity contribution in [3.05, 3.63) is 38.9 Å². The summed E-state index contributed by atoms with van der Waals surface area (Å²) in [7, 11) is 0. The van der Waals surface area contributed by atoms with E-state index in [0.717, 1.165) is 38.5 Å². The smallest absolute Gasteiger partial charge is 0.421 e. The summed E-state index contributed by atoms with van der Waals surface area (Å²) in [5, 5.41) is 0.357. The van der Waals surface area contributed by atoms with E-state index in [0.29, 0.717) is 46.8 Å². The Kier molecular flexibility index (Phi) is 9.14. The summed E-state index contributed by atoms with van der Waals surface area (Å²) in [5.74, 6) is 0.204. The molecule has 0 fully saturated rings. The van der Waals surface area contributed by atoms with Gasteiger partial charge in [-0.15, -0.1) is 0 Å². The lowest BCUT2D eigenvalue weighted by Gasteiger charge is -2.14. The number of fused-ring (bicyclic) bond motifs is 1. The maximum Gasteiger partial charge on any atom is 0.421 e. The standard InChI is InChI=1S/C22H27F3O4S/c1-3-18(26)29-14-9-7-5-4-6-8-13-28-16-11-10-12-17-19(16)15(2)20(21(27)30-17)22(23,24)25/h10-12H,3-9,13-14H2,1-2H3. The number of carbonyl (C=O) groups is 1. The van der Waals surface area contributed by atoms with E-state index in [2.05, 4.69) is 0 Å². The van der Waals surface area contributed by atoms with E-state index in [4.69, 9.17) is 9.47 Å². The van der Waals surface area contributed by atoms with E-state index in [1.54, 1.807) is 25.1 Å². The summed E-state index contributed by atoms with van der Waals surface area (Å²) in [6.45, 7) is 3.95. The number of ether oxygens (including phenoxy) is 2. The first kappa shape index (κ1) is 24.2. The molecule has 0 unspecified atom stereocenters. The zero-order chi connectivity index (χ0) is 22.1. The number of alkyl halides is 3. The van der Waals surface area contributed by atoms with Crippen molar-refractivity contribution in [2.75, 3.05) is 13.2 Å². The quantitative estimate of drug-likeness (QED) is 0.303. The minimum atomic E-state index is -4.69. The topological polar surface area (TPSA) is 52.6 Å². The third-order valence-electron chi connectivity index (χ3n) is 4.78. The van der Waals surface area contributed by atoms with Gasteiger partial charge >= 0.3 is 12.1 Å². The Morgan fingerprint density at radius 2 is 1.67 bits per heavy atom. The molecule has 0 saturated carbocycles. The van der Waals surface area contributed by atoms with Crippen LogP contribution in [-0.4, -0.2) is 19.2 Å². The van der Waals surface area contributed by atoms with Gasteiger partial charge in [-0.3, -0.25) is 9.59 Å². The van der Waals surface area contributed by atoms with Crippen molar-refractivity contribution in [2.24, 2.45) is 0 Å². The summed E-state index contributed by atoms with van der Waals surface area (Å²) < 4.78 is 50.1. The lowest BCUT2D eigenvalue weighted by Crippen LogP contribution is -2.19. The third kappa shape index (κ3) is 6.72. The average molecular weight is 445 g/mol. The molecule has 8 heteroatoms. The molecule has 166 valence electrons. The molecule has 0 spiro atoms. The average Bonchev–Trinajstić information content (AvgIpc) is 2.67. The number of hydrogen-bond donors (Lipinski definition) is 0. The van der Waals surface area contributed by atoms with Gasteiger partial charge in [-0.1, -0.05) is 50.0 Å². The van der Waals surface area contributed by atoms with E-state index in [9.17, 15) is 22.8 Å². The molecule has 4 nitrogen and oxygen atoms in total. The minimum Gasteiger partial charge on any atom is -0.493 e. The molecule has 0 aliphatic heterocycles. The van der Waals surface area contributed by atoms with Gasteiger partial charge in [0.15, 0.2) is 0 Å². The summed E-state index contributed by atoms with van der Waals surface area (Å²) >= 11 is 0.597. The fraction of sp³-hybridized carbons (Fsp3) is 0.545. The normalized spacial score (nSPS) is 11.6. The van der Waals surface area contributed by atoms with Crippen molar-refractivity contribution < 1.29 is 27.4 Å². The Morgan fingerprint density at radius 1 is 1.03 bits per heavy atom. The molecule has 1 heterocycles. The Hall–Kier alpha value is -2.09. The molecule has 0 bridgehead atoms. The molecule has 0 aliphatic carbocycles. The molecule has 0 aliphatic rings. The van der Waals surface area contributed by atoms with Gasteiger partial charge in [0.2, 0.25) is 4.74 Å². The zero-order valence-electron chi connectivity index (χ0n) is 17.3. The molecular formula is C22H27F3O4S. The molecular weight excluding hydrogens is 417 g/mol. The predicted molar refractivity (Wildman–Crippen MR) is 112 cm³/mol. The summed E-state index contributed by atoms with van der Waals surface area (Å²) in [4.78, 5) is 22.9. The maximum absolute atomic E-state index is 13.3. The Bertz CT molecular complexity index is 906. The number of unbranched alkanes of at least 4 members (excludes halogenated alkanes) is 5. The van der Waals surface area contributed by atoms with Crippen LogP contribution in [0.25, 0.3) is 10.1 Å². The number of esters is 1. The van der Waals surface area contributed by atoms with Crippen LogP contribution in [0.2, 0.25) is 0 Å². The van der Waals surface area contributed by atoms with Gasteiger partial charge in [0.25, 0.3) is 0 Å². The van der Waals surface area contributed by atoms with Crippen LogP contribution in [0.4, 0.5) is 13.2 Å². The first-order chi connectivity index (χ1) is 14.3. The van der Waals surface area contributed by atoms with Crippen molar-refractivity contribution in [3.8, 4) is 5.75 Å². The van der Waals surface area contributed by atoms with Crippen LogP contribution in [0.1, 0.15) is 63.0 Å². The zero-order valence-corrected chi connectivity index (χ0v) is 18.1. The predicted octanol–water partition coefficient (Wildman–Crippen LogP) is 6.26. The van der Waals surface area contributed by atoms with Crippen molar-refractivity contribution in [1.82, 2.24) is 0 Å². The fourth-order valence-electron chi connectivity index (χ4n) is 3.22. The number of carbonyl (C=O) groups excluding carboxylic acids is 1. The van der Waals surface area contributed by atoms with Gasteiger partial charge < -0.3 is 9.47 Å². The molecule has 0 radical (unpaired) electrons. The highest BCUT2D eigenvalue weighted by Crippen LogP contribution is 2.37. The first-order valence-corrected chi connectivity index (χ1v) is 11.0. The Balaban J connectivity index is 1.84. The second kappa shape index (κ2) is 11.3. The van der Waals surface area contributed by atoms with Crippen LogP contribution in [0, 0.1) is 6.92 Å². The summed E-state index contributed by atoms with van der Waals surface area (Å²) in [5.41, 5.74) is -1.19. The van der Waals surface area contributed by atoms with Crippen LogP contribution in [0.5, 0.6) is 5.75 Å². The number of benzene rings is 1. The van der Waals surface area contributed by atoms with Gasteiger partial charge in [-0.2, -0.15) is 13.2 Å². The number of hydrogen-bond acceptors (Lipinski definition) is 5. The summed E-state index contributed by atoms with van der Waals surface area (Å²) in [6.07, 6.45) is 1.32. The van der Waals surface area contributed by atoms with Gasteiger partial charge in [-0.25, -0.2) is 0 Å². The number of aryl methyl sites for hydroxylation is 1. The van der Waals surface area contributed by atoms with Gasteiger partial charge in [0, 0.05) is 16.5 Å². The molecule has 0 atom stereocenters. The van der Waals surface area contributed by atoms with Crippen LogP contribution >= 0.6 is 11.3 Å². The minimum absolute atomic E-state index is 0.0828. The van der Waals surface area contributed by atoms with Crippen molar-refractivity contribution in [1.29, 1.82) is 0 Å². The van der Waals surface area contributed by atoms with Crippen molar-refractivity contribution in [3.63, 3.8) is 0 Å². The second-order valence-electron chi connectivity index (χ2n) is 7.06. The molecule has 2 aromatic rings. The molecule has 0 N–H and O–H groups in total. The fourth-order valence-corrected chi connectivity index (χ4v) is 4.30. The summed E-state index contributed by atoms with van der Waals surface area (Å²) in [6, 6.07) is 4.97. The second-order valence-corrected chi connectivity index (χ2v) is 8.08. The van der Waals surface area contributed by atoms with Crippen LogP contribution in [0.15, 0.2) is 23.0 Å². The lowest BCUT2D eigenvalue weighted by atomic mass is 10.1. The van der Waals surface area contributed by atoms with Crippen molar-refractivity contribution >= 4 is 27.4 Å². The molecule has 2 rings (SSSR count). The highest BCUT2D eigenvalue weighted by atomic mass is 32.1. The van der Waals surface area contributed by atoms with E-state index < -0.39 is 16.5 Å². The molecule has 0 saturated heterocycles. The molecule has 1 aromatic carbocycles. The Labute approximate surface area is 178 Å². The number of rotatable bonds is 11.